The summed E-state index contributed by atoms with van der Waals surface area (Å²) >= 11 is 0. The zero-order valence-electron chi connectivity index (χ0n) is 13.1. The first kappa shape index (κ1) is 15.9. The van der Waals surface area contributed by atoms with Gasteiger partial charge in [-0.05, 0) is 37.8 Å². The molecule has 0 spiro atoms. The van der Waals surface area contributed by atoms with Gasteiger partial charge in [0.15, 0.2) is 0 Å². The summed E-state index contributed by atoms with van der Waals surface area (Å²) in [5.41, 5.74) is 1.42. The molecule has 0 atom stereocenters. The van der Waals surface area contributed by atoms with Crippen molar-refractivity contribution in [1.82, 2.24) is 9.78 Å². The van der Waals surface area contributed by atoms with E-state index in [1.807, 2.05) is 0 Å². The number of fused-ring (bicyclic) bond motifs is 1. The summed E-state index contributed by atoms with van der Waals surface area (Å²) in [6.45, 7) is 2.82. The van der Waals surface area contributed by atoms with Crippen LogP contribution in [0.25, 0.3) is 5.69 Å². The van der Waals surface area contributed by atoms with Crippen molar-refractivity contribution in [1.29, 1.82) is 0 Å². The van der Waals surface area contributed by atoms with Gasteiger partial charge in [-0.3, -0.25) is 0 Å². The van der Waals surface area contributed by atoms with Crippen molar-refractivity contribution in [2.75, 3.05) is 11.9 Å². The monoisotopic (exact) mass is 323 g/mol. The predicted octanol–water partition coefficient (Wildman–Crippen LogP) is 4.59. The number of benzene rings is 1. The smallest absolute Gasteiger partial charge is 0.370 e. The molecule has 1 aliphatic heterocycles. The van der Waals surface area contributed by atoms with E-state index < -0.39 is 11.7 Å². The van der Waals surface area contributed by atoms with Crippen LogP contribution in [-0.4, -0.2) is 16.3 Å². The Balaban J connectivity index is 2.18. The van der Waals surface area contributed by atoms with Gasteiger partial charge in [0, 0.05) is 12.1 Å². The summed E-state index contributed by atoms with van der Waals surface area (Å²) in [6.07, 6.45) is 0.219. The number of aromatic nitrogens is 2. The van der Waals surface area contributed by atoms with Crippen molar-refractivity contribution in [3.8, 4) is 5.69 Å². The number of rotatable bonds is 3. The van der Waals surface area contributed by atoms with Crippen LogP contribution in [-0.2, 0) is 19.0 Å². The fourth-order valence-electron chi connectivity index (χ4n) is 3.08. The molecule has 1 N–H and O–H groups in total. The Labute approximate surface area is 133 Å². The highest BCUT2D eigenvalue weighted by molar-refractivity contribution is 5.56. The number of alkyl halides is 3. The Morgan fingerprint density at radius 3 is 2.74 bits per heavy atom. The number of nitrogens with zero attached hydrogens (tertiary/aromatic N) is 2. The van der Waals surface area contributed by atoms with Crippen molar-refractivity contribution < 1.29 is 13.2 Å². The molecule has 3 nitrogen and oxygen atoms in total. The van der Waals surface area contributed by atoms with Crippen LogP contribution in [0.5, 0.6) is 0 Å². The number of nitrogens with one attached hydrogen (secondary N) is 1. The van der Waals surface area contributed by atoms with Gasteiger partial charge in [-0.15, -0.1) is 0 Å². The second kappa shape index (κ2) is 6.26. The Kier molecular flexibility index (Phi) is 4.33. The number of halogens is 3. The molecule has 6 heteroatoms. The van der Waals surface area contributed by atoms with Crippen molar-refractivity contribution in [2.45, 2.75) is 45.2 Å². The molecule has 23 heavy (non-hydrogen) atoms. The van der Waals surface area contributed by atoms with E-state index in [-0.39, 0.29) is 5.69 Å². The maximum atomic E-state index is 13.3. The van der Waals surface area contributed by atoms with Gasteiger partial charge in [0.1, 0.15) is 5.82 Å². The van der Waals surface area contributed by atoms with E-state index in [1.54, 1.807) is 6.07 Å². The second-order valence-corrected chi connectivity index (χ2v) is 5.83. The molecule has 0 unspecified atom stereocenters. The molecule has 3 rings (SSSR count). The Morgan fingerprint density at radius 2 is 2.00 bits per heavy atom. The van der Waals surface area contributed by atoms with Gasteiger partial charge < -0.3 is 5.32 Å². The lowest BCUT2D eigenvalue weighted by Gasteiger charge is -2.15. The Morgan fingerprint density at radius 1 is 1.22 bits per heavy atom. The topological polar surface area (TPSA) is 29.9 Å². The molecule has 124 valence electrons. The van der Waals surface area contributed by atoms with Crippen LogP contribution in [0.3, 0.4) is 0 Å². The van der Waals surface area contributed by atoms with Gasteiger partial charge in [0.05, 0.1) is 16.9 Å². The lowest BCUT2D eigenvalue weighted by Crippen LogP contribution is -2.14. The highest BCUT2D eigenvalue weighted by atomic mass is 19.4. The Bertz CT molecular complexity index is 689. The molecule has 2 heterocycles. The van der Waals surface area contributed by atoms with Crippen LogP contribution in [0.15, 0.2) is 24.3 Å². The van der Waals surface area contributed by atoms with Gasteiger partial charge in [0.25, 0.3) is 0 Å². The molecule has 0 fully saturated rings. The van der Waals surface area contributed by atoms with Crippen LogP contribution >= 0.6 is 0 Å². The fraction of sp³-hybridized carbons (Fsp3) is 0.471. The van der Waals surface area contributed by atoms with E-state index in [0.717, 1.165) is 61.8 Å². The molecule has 0 saturated heterocycles. The van der Waals surface area contributed by atoms with E-state index in [1.165, 1.54) is 16.8 Å². The van der Waals surface area contributed by atoms with Crippen LogP contribution in [0, 0.1) is 0 Å². The first-order chi connectivity index (χ1) is 11.0. The van der Waals surface area contributed by atoms with Crippen molar-refractivity contribution >= 4 is 5.82 Å². The number of aryl methyl sites for hydroxylation is 1. The second-order valence-electron chi connectivity index (χ2n) is 5.83. The lowest BCUT2D eigenvalue weighted by molar-refractivity contribution is -0.137. The maximum Gasteiger partial charge on any atom is 0.418 e. The summed E-state index contributed by atoms with van der Waals surface area (Å²) in [5.74, 6) is 0.725. The quantitative estimate of drug-likeness (QED) is 0.895. The summed E-state index contributed by atoms with van der Waals surface area (Å²) < 4.78 is 41.5. The summed E-state index contributed by atoms with van der Waals surface area (Å²) in [4.78, 5) is 0. The molecule has 1 aromatic carbocycles. The molecular weight excluding hydrogens is 303 g/mol. The van der Waals surface area contributed by atoms with Gasteiger partial charge >= 0.3 is 6.18 Å². The third kappa shape index (κ3) is 3.07. The minimum Gasteiger partial charge on any atom is -0.370 e. The van der Waals surface area contributed by atoms with Gasteiger partial charge in [-0.25, -0.2) is 4.68 Å². The summed E-state index contributed by atoms with van der Waals surface area (Å²) in [7, 11) is 0. The maximum absolute atomic E-state index is 13.3. The first-order valence-electron chi connectivity index (χ1n) is 8.03. The van der Waals surface area contributed by atoms with Crippen LogP contribution in [0.4, 0.5) is 19.0 Å². The summed E-state index contributed by atoms with van der Waals surface area (Å²) in [6, 6.07) is 5.63. The van der Waals surface area contributed by atoms with Gasteiger partial charge in [-0.1, -0.05) is 25.5 Å². The largest absolute Gasteiger partial charge is 0.418 e. The lowest BCUT2D eigenvalue weighted by atomic mass is 10.1. The zero-order valence-corrected chi connectivity index (χ0v) is 13.1. The molecule has 1 aliphatic rings. The number of para-hydroxylation sites is 1. The third-order valence-corrected chi connectivity index (χ3v) is 4.14. The van der Waals surface area contributed by atoms with E-state index in [0.29, 0.717) is 0 Å². The third-order valence-electron chi connectivity index (χ3n) is 4.14. The molecule has 0 aliphatic carbocycles. The van der Waals surface area contributed by atoms with E-state index >= 15 is 0 Å². The number of hydrogen-bond acceptors (Lipinski definition) is 2. The molecular formula is C17H20F3N3. The van der Waals surface area contributed by atoms with Crippen molar-refractivity contribution in [2.24, 2.45) is 0 Å². The van der Waals surface area contributed by atoms with Gasteiger partial charge in [0.2, 0.25) is 0 Å². The highest BCUT2D eigenvalue weighted by Gasteiger charge is 2.35. The molecule has 0 amide bonds. The fourth-order valence-corrected chi connectivity index (χ4v) is 3.08. The average Bonchev–Trinajstić information content (AvgIpc) is 2.70. The molecule has 2 aromatic rings. The van der Waals surface area contributed by atoms with E-state index in [4.69, 9.17) is 0 Å². The van der Waals surface area contributed by atoms with Gasteiger partial charge in [-0.2, -0.15) is 18.3 Å². The molecule has 0 radical (unpaired) electrons. The zero-order chi connectivity index (χ0) is 16.4. The highest BCUT2D eigenvalue weighted by Crippen LogP contribution is 2.36. The number of hydrogen-bond donors (Lipinski definition) is 1. The average molecular weight is 323 g/mol. The minimum atomic E-state index is -4.40. The van der Waals surface area contributed by atoms with Crippen LogP contribution < -0.4 is 5.32 Å². The standard InChI is InChI=1S/C17H20F3N3/c1-2-7-14-12-8-5-6-11-21-16(12)23(22-14)15-10-4-3-9-13(15)17(18,19)20/h3-4,9-10,21H,2,5-8,11H2,1H3. The Hall–Kier alpha value is -1.98. The van der Waals surface area contributed by atoms with Crippen LogP contribution in [0.1, 0.15) is 43.0 Å². The normalized spacial score (nSPS) is 15.0. The number of anilines is 1. The summed E-state index contributed by atoms with van der Waals surface area (Å²) in [5, 5.41) is 7.80. The van der Waals surface area contributed by atoms with Crippen LogP contribution in [0.2, 0.25) is 0 Å². The van der Waals surface area contributed by atoms with E-state index in [9.17, 15) is 13.2 Å². The van der Waals surface area contributed by atoms with Crippen molar-refractivity contribution in [3.05, 3.63) is 41.1 Å². The molecule has 0 saturated carbocycles. The van der Waals surface area contributed by atoms with Crippen molar-refractivity contribution in [3.63, 3.8) is 0 Å². The molecule has 1 aromatic heterocycles. The first-order valence-corrected chi connectivity index (χ1v) is 8.03. The minimum absolute atomic E-state index is 0.0907. The SMILES string of the molecule is CCCc1nn(-c2ccccc2C(F)(F)F)c2c1CCCCN2. The molecule has 0 bridgehead atoms. The predicted molar refractivity (Wildman–Crippen MR) is 84.0 cm³/mol. The van der Waals surface area contributed by atoms with E-state index in [2.05, 4.69) is 17.3 Å².